The van der Waals surface area contributed by atoms with Gasteiger partial charge in [0.05, 0.1) is 12.8 Å². The van der Waals surface area contributed by atoms with Crippen LogP contribution in [0.2, 0.25) is 0 Å². The molecule has 2 heterocycles. The Morgan fingerprint density at radius 1 is 1.24 bits per heavy atom. The third-order valence-electron chi connectivity index (χ3n) is 5.63. The van der Waals surface area contributed by atoms with E-state index in [2.05, 4.69) is 22.4 Å². The number of ether oxygens (including phenoxy) is 1. The van der Waals surface area contributed by atoms with Crippen molar-refractivity contribution in [3.63, 3.8) is 0 Å². The van der Waals surface area contributed by atoms with Gasteiger partial charge in [-0.25, -0.2) is 9.20 Å². The second-order valence-electron chi connectivity index (χ2n) is 7.62. The van der Waals surface area contributed by atoms with Gasteiger partial charge < -0.3 is 10.1 Å². The molecule has 0 spiro atoms. The summed E-state index contributed by atoms with van der Waals surface area (Å²) in [4.78, 5) is 25.3. The number of methoxy groups -OCH3 is 1. The van der Waals surface area contributed by atoms with Crippen molar-refractivity contribution < 1.29 is 9.53 Å². The van der Waals surface area contributed by atoms with E-state index >= 15 is 0 Å². The predicted molar refractivity (Wildman–Crippen MR) is 109 cm³/mol. The Labute approximate surface area is 168 Å². The van der Waals surface area contributed by atoms with E-state index in [1.54, 1.807) is 13.2 Å². The molecule has 0 radical (unpaired) electrons. The number of rotatable bonds is 5. The topological polar surface area (TPSA) is 90.5 Å². The normalized spacial score (nSPS) is 19.2. The number of nitrogens with one attached hydrogen (secondary N) is 1. The zero-order valence-electron chi connectivity index (χ0n) is 16.7. The number of hydrogen-bond donors (Lipinski definition) is 1. The van der Waals surface area contributed by atoms with Gasteiger partial charge in [-0.15, -0.1) is 0 Å². The van der Waals surface area contributed by atoms with Crippen molar-refractivity contribution in [1.82, 2.24) is 24.7 Å². The van der Waals surface area contributed by atoms with Gasteiger partial charge in [-0.3, -0.25) is 9.59 Å². The number of aromatic nitrogens is 4. The summed E-state index contributed by atoms with van der Waals surface area (Å²) in [6.07, 6.45) is 5.91. The summed E-state index contributed by atoms with van der Waals surface area (Å²) >= 11 is 0. The molecule has 1 saturated carbocycles. The highest BCUT2D eigenvalue weighted by Gasteiger charge is 2.23. The van der Waals surface area contributed by atoms with Crippen LogP contribution in [0.3, 0.4) is 0 Å². The van der Waals surface area contributed by atoms with Crippen molar-refractivity contribution in [1.29, 1.82) is 0 Å². The number of carbonyl (C=O) groups excluding carboxylic acids is 1. The van der Waals surface area contributed by atoms with Gasteiger partial charge in [0.2, 0.25) is 5.91 Å². The van der Waals surface area contributed by atoms with Crippen molar-refractivity contribution >= 4 is 11.4 Å². The van der Waals surface area contributed by atoms with Crippen LogP contribution < -0.4 is 15.6 Å². The summed E-state index contributed by atoms with van der Waals surface area (Å²) in [5.74, 6) is 1.03. The highest BCUT2D eigenvalue weighted by atomic mass is 16.5. The molecule has 29 heavy (non-hydrogen) atoms. The van der Waals surface area contributed by atoms with Crippen LogP contribution in [0.4, 0.5) is 0 Å². The molecule has 1 aliphatic carbocycles. The maximum atomic E-state index is 12.8. The molecule has 2 aromatic heterocycles. The van der Waals surface area contributed by atoms with Crippen LogP contribution in [0, 0.1) is 5.92 Å². The average Bonchev–Trinajstić information content (AvgIpc) is 3.17. The first-order valence-corrected chi connectivity index (χ1v) is 9.94. The molecule has 8 heteroatoms. The van der Waals surface area contributed by atoms with Crippen molar-refractivity contribution in [2.45, 2.75) is 45.2 Å². The van der Waals surface area contributed by atoms with E-state index in [-0.39, 0.29) is 24.1 Å². The highest BCUT2D eigenvalue weighted by Crippen LogP contribution is 2.24. The zero-order chi connectivity index (χ0) is 20.4. The Hall–Kier alpha value is -3.16. The van der Waals surface area contributed by atoms with Crippen LogP contribution in [-0.2, 0) is 11.3 Å². The monoisotopic (exact) mass is 395 g/mol. The molecule has 3 aromatic rings. The average molecular weight is 395 g/mol. The Morgan fingerprint density at radius 2 is 2.00 bits per heavy atom. The smallest absolute Gasteiger partial charge is 0.293 e. The lowest BCUT2D eigenvalue weighted by molar-refractivity contribution is -0.123. The van der Waals surface area contributed by atoms with Crippen molar-refractivity contribution in [3.8, 4) is 17.0 Å². The summed E-state index contributed by atoms with van der Waals surface area (Å²) in [6, 6.07) is 9.33. The lowest BCUT2D eigenvalue weighted by Gasteiger charge is -2.29. The van der Waals surface area contributed by atoms with E-state index in [0.717, 1.165) is 30.6 Å². The van der Waals surface area contributed by atoms with E-state index in [9.17, 15) is 9.59 Å². The quantitative estimate of drug-likeness (QED) is 0.716. The molecule has 2 unspecified atom stereocenters. The third kappa shape index (κ3) is 4.01. The molecule has 0 bridgehead atoms. The molecule has 0 aliphatic heterocycles. The summed E-state index contributed by atoms with van der Waals surface area (Å²) in [5.41, 5.74) is 1.56. The number of fused-ring (bicyclic) bond motifs is 1. The molecule has 1 aliphatic rings. The molecule has 8 nitrogen and oxygen atoms in total. The van der Waals surface area contributed by atoms with Crippen LogP contribution in [0.5, 0.6) is 5.75 Å². The van der Waals surface area contributed by atoms with E-state index in [1.165, 1.54) is 21.9 Å². The minimum atomic E-state index is -0.341. The van der Waals surface area contributed by atoms with Crippen LogP contribution >= 0.6 is 0 Å². The van der Waals surface area contributed by atoms with Crippen molar-refractivity contribution in [3.05, 3.63) is 47.0 Å². The first-order chi connectivity index (χ1) is 14.0. The molecule has 152 valence electrons. The predicted octanol–water partition coefficient (Wildman–Crippen LogP) is 2.26. The second kappa shape index (κ2) is 8.06. The van der Waals surface area contributed by atoms with Gasteiger partial charge in [0.25, 0.3) is 5.56 Å². The maximum absolute atomic E-state index is 12.8. The van der Waals surface area contributed by atoms with Crippen LogP contribution in [0.1, 0.15) is 32.6 Å². The van der Waals surface area contributed by atoms with Gasteiger partial charge in [0.1, 0.15) is 24.1 Å². The maximum Gasteiger partial charge on any atom is 0.293 e. The Bertz CT molecular complexity index is 1070. The standard InChI is InChI=1S/C21H25N5O3/c1-14-5-3-4-6-17(14)23-20(27)12-25-21(28)19-11-18(24-26(19)13-22-25)15-7-9-16(29-2)10-8-15/h7-11,13-14,17H,3-6,12H2,1-2H3,(H,23,27). The molecule has 0 saturated heterocycles. The van der Waals surface area contributed by atoms with Crippen molar-refractivity contribution in [2.75, 3.05) is 7.11 Å². The van der Waals surface area contributed by atoms with Gasteiger partial charge in [-0.1, -0.05) is 19.8 Å². The van der Waals surface area contributed by atoms with E-state index in [0.29, 0.717) is 17.1 Å². The minimum absolute atomic E-state index is 0.0956. The summed E-state index contributed by atoms with van der Waals surface area (Å²) < 4.78 is 7.81. The van der Waals surface area contributed by atoms with E-state index in [1.807, 2.05) is 24.3 Å². The second-order valence-corrected chi connectivity index (χ2v) is 7.62. The Morgan fingerprint density at radius 3 is 2.72 bits per heavy atom. The summed E-state index contributed by atoms with van der Waals surface area (Å²) in [7, 11) is 1.61. The van der Waals surface area contributed by atoms with Gasteiger partial charge >= 0.3 is 0 Å². The number of nitrogens with zero attached hydrogens (tertiary/aromatic N) is 4. The molecule has 1 fully saturated rings. The largest absolute Gasteiger partial charge is 0.497 e. The van der Waals surface area contributed by atoms with E-state index < -0.39 is 0 Å². The van der Waals surface area contributed by atoms with Crippen LogP contribution in [-0.4, -0.2) is 38.5 Å². The molecular formula is C21H25N5O3. The lowest BCUT2D eigenvalue weighted by Crippen LogP contribution is -2.44. The third-order valence-corrected chi connectivity index (χ3v) is 5.63. The van der Waals surface area contributed by atoms with Gasteiger partial charge in [0.15, 0.2) is 0 Å². The summed E-state index contributed by atoms with van der Waals surface area (Å²) in [5, 5.41) is 11.6. The number of carbonyl (C=O) groups is 1. The SMILES string of the molecule is COc1ccc(-c2cc3c(=O)n(CC(=O)NC4CCCCC4C)ncn3n2)cc1. The zero-order valence-corrected chi connectivity index (χ0v) is 16.7. The molecular weight excluding hydrogens is 370 g/mol. The molecule has 1 amide bonds. The molecule has 2 atom stereocenters. The van der Waals surface area contributed by atoms with Gasteiger partial charge in [0, 0.05) is 11.6 Å². The fraction of sp³-hybridized carbons (Fsp3) is 0.429. The van der Waals surface area contributed by atoms with Gasteiger partial charge in [-0.2, -0.15) is 10.2 Å². The number of hydrogen-bond acceptors (Lipinski definition) is 5. The first kappa shape index (κ1) is 19.2. The Kier molecular flexibility index (Phi) is 5.33. The van der Waals surface area contributed by atoms with E-state index in [4.69, 9.17) is 4.74 Å². The molecule has 1 N–H and O–H groups in total. The van der Waals surface area contributed by atoms with Crippen LogP contribution in [0.15, 0.2) is 41.5 Å². The van der Waals surface area contributed by atoms with Gasteiger partial charge in [-0.05, 0) is 49.1 Å². The fourth-order valence-electron chi connectivity index (χ4n) is 3.87. The lowest BCUT2D eigenvalue weighted by atomic mass is 9.86. The number of benzene rings is 1. The van der Waals surface area contributed by atoms with Crippen LogP contribution in [0.25, 0.3) is 16.8 Å². The summed E-state index contributed by atoms with van der Waals surface area (Å²) in [6.45, 7) is 2.06. The molecule has 1 aromatic carbocycles. The highest BCUT2D eigenvalue weighted by molar-refractivity contribution is 5.76. The van der Waals surface area contributed by atoms with Crippen molar-refractivity contribution in [2.24, 2.45) is 5.92 Å². The fourth-order valence-corrected chi connectivity index (χ4v) is 3.87. The molecule has 4 rings (SSSR count). The minimum Gasteiger partial charge on any atom is -0.497 e. The first-order valence-electron chi connectivity index (χ1n) is 9.94. The Balaban J connectivity index is 1.54. The number of amides is 1.